The van der Waals surface area contributed by atoms with Crippen molar-refractivity contribution in [3.63, 3.8) is 0 Å². The highest BCUT2D eigenvalue weighted by Crippen LogP contribution is 2.38. The quantitative estimate of drug-likeness (QED) is 0.777. The van der Waals surface area contributed by atoms with Crippen LogP contribution < -0.4 is 4.90 Å². The Hall–Kier alpha value is -2.61. The lowest BCUT2D eigenvalue weighted by Gasteiger charge is -2.26. The van der Waals surface area contributed by atoms with Crippen molar-refractivity contribution < 1.29 is 13.9 Å². The molecule has 1 saturated heterocycles. The average molecular weight is 331 g/mol. The molecule has 124 valence electrons. The second kappa shape index (κ2) is 5.48. The van der Waals surface area contributed by atoms with Crippen LogP contribution in [0.3, 0.4) is 0 Å². The van der Waals surface area contributed by atoms with E-state index in [2.05, 4.69) is 15.1 Å². The Balaban J connectivity index is 1.81. The molecule has 0 saturated carbocycles. The van der Waals surface area contributed by atoms with Gasteiger partial charge in [0.05, 0.1) is 23.7 Å². The molecule has 1 N–H and O–H groups in total. The summed E-state index contributed by atoms with van der Waals surface area (Å²) in [6.45, 7) is 0.352. The van der Waals surface area contributed by atoms with Crippen LogP contribution in [-0.2, 0) is 7.05 Å². The van der Waals surface area contributed by atoms with Crippen LogP contribution in [0.4, 0.5) is 14.6 Å². The molecule has 1 fully saturated rings. The maximum absolute atomic E-state index is 13.6. The normalized spacial score (nSPS) is 20.9. The predicted octanol–water partition coefficient (Wildman–Crippen LogP) is 1.95. The highest BCUT2D eigenvalue weighted by molar-refractivity contribution is 5.87. The van der Waals surface area contributed by atoms with E-state index >= 15 is 0 Å². The fourth-order valence-corrected chi connectivity index (χ4v) is 3.26. The lowest BCUT2D eigenvalue weighted by Crippen LogP contribution is -2.25. The summed E-state index contributed by atoms with van der Waals surface area (Å²) in [4.78, 5) is 10.4. The smallest absolute Gasteiger partial charge is 0.163 e. The van der Waals surface area contributed by atoms with Gasteiger partial charge in [0, 0.05) is 13.6 Å². The van der Waals surface area contributed by atoms with Crippen molar-refractivity contribution in [2.75, 3.05) is 11.4 Å². The van der Waals surface area contributed by atoms with Gasteiger partial charge in [0.2, 0.25) is 0 Å². The summed E-state index contributed by atoms with van der Waals surface area (Å²) in [7, 11) is 1.78. The first-order chi connectivity index (χ1) is 11.5. The van der Waals surface area contributed by atoms with Gasteiger partial charge in [-0.15, -0.1) is 0 Å². The number of aryl methyl sites for hydroxylation is 1. The zero-order chi connectivity index (χ0) is 16.8. The molecule has 0 amide bonds. The summed E-state index contributed by atoms with van der Waals surface area (Å²) in [6.07, 6.45) is 2.94. The van der Waals surface area contributed by atoms with E-state index in [0.717, 1.165) is 11.5 Å². The summed E-state index contributed by atoms with van der Waals surface area (Å²) < 4.78 is 28.5. The number of halogens is 2. The minimum Gasteiger partial charge on any atom is -0.391 e. The van der Waals surface area contributed by atoms with Crippen molar-refractivity contribution in [3.05, 3.63) is 47.9 Å². The Bertz CT molecular complexity index is 913. The zero-order valence-corrected chi connectivity index (χ0v) is 12.9. The Morgan fingerprint density at radius 1 is 1.21 bits per heavy atom. The van der Waals surface area contributed by atoms with Crippen molar-refractivity contribution >= 4 is 16.9 Å². The number of fused-ring (bicyclic) bond motifs is 1. The minimum atomic E-state index is -0.900. The first kappa shape index (κ1) is 14.9. The second-order valence-corrected chi connectivity index (χ2v) is 5.93. The molecule has 2 atom stereocenters. The van der Waals surface area contributed by atoms with E-state index in [9.17, 15) is 13.9 Å². The van der Waals surface area contributed by atoms with E-state index in [1.807, 2.05) is 4.90 Å². The number of aromatic nitrogens is 4. The van der Waals surface area contributed by atoms with E-state index in [-0.39, 0.29) is 6.04 Å². The number of aliphatic hydroxyl groups is 1. The van der Waals surface area contributed by atoms with Crippen LogP contribution in [0.5, 0.6) is 0 Å². The molecule has 8 heteroatoms. The van der Waals surface area contributed by atoms with Crippen LogP contribution in [0.2, 0.25) is 0 Å². The molecule has 0 unspecified atom stereocenters. The molecule has 2 aromatic heterocycles. The third-order valence-corrected chi connectivity index (χ3v) is 4.39. The highest BCUT2D eigenvalue weighted by atomic mass is 19.2. The molecule has 0 spiro atoms. The standard InChI is InChI=1S/C16H15F2N5O/c1-22-15-11(6-21-22)16(20-8-19-15)23-7-10(24)5-14(23)9-2-3-12(17)13(18)4-9/h2-4,6,8,10,14,24H,5,7H2,1H3/t10-,14-/m0/s1. The molecule has 1 aromatic carbocycles. The number of hydrogen-bond donors (Lipinski definition) is 1. The molecule has 1 aliphatic heterocycles. The van der Waals surface area contributed by atoms with Crippen molar-refractivity contribution in [1.29, 1.82) is 0 Å². The molecular weight excluding hydrogens is 316 g/mol. The van der Waals surface area contributed by atoms with Gasteiger partial charge in [-0.1, -0.05) is 6.07 Å². The predicted molar refractivity (Wildman–Crippen MR) is 83.4 cm³/mol. The Morgan fingerprint density at radius 3 is 2.83 bits per heavy atom. The molecule has 24 heavy (non-hydrogen) atoms. The van der Waals surface area contributed by atoms with E-state index in [0.29, 0.717) is 30.0 Å². The topological polar surface area (TPSA) is 67.1 Å². The number of nitrogens with zero attached hydrogens (tertiary/aromatic N) is 5. The van der Waals surface area contributed by atoms with Crippen LogP contribution in [-0.4, -0.2) is 37.5 Å². The van der Waals surface area contributed by atoms with Crippen LogP contribution in [0.15, 0.2) is 30.7 Å². The molecule has 3 heterocycles. The van der Waals surface area contributed by atoms with E-state index in [1.165, 1.54) is 18.5 Å². The van der Waals surface area contributed by atoms with Crippen LogP contribution in [0.1, 0.15) is 18.0 Å². The molecule has 0 aliphatic carbocycles. The summed E-state index contributed by atoms with van der Waals surface area (Å²) in [6, 6.07) is 3.52. The van der Waals surface area contributed by atoms with Gasteiger partial charge in [-0.25, -0.2) is 18.7 Å². The van der Waals surface area contributed by atoms with Crippen molar-refractivity contribution in [2.24, 2.45) is 7.05 Å². The molecule has 0 bridgehead atoms. The zero-order valence-electron chi connectivity index (χ0n) is 12.9. The van der Waals surface area contributed by atoms with Crippen LogP contribution in [0, 0.1) is 11.6 Å². The summed E-state index contributed by atoms with van der Waals surface area (Å²) >= 11 is 0. The number of benzene rings is 1. The molecule has 6 nitrogen and oxygen atoms in total. The van der Waals surface area contributed by atoms with Crippen molar-refractivity contribution in [2.45, 2.75) is 18.6 Å². The van der Waals surface area contributed by atoms with Crippen molar-refractivity contribution in [1.82, 2.24) is 19.7 Å². The average Bonchev–Trinajstić information content (AvgIpc) is 3.14. The largest absolute Gasteiger partial charge is 0.391 e. The molecule has 0 radical (unpaired) electrons. The van der Waals surface area contributed by atoms with Crippen LogP contribution in [0.25, 0.3) is 11.0 Å². The SMILES string of the molecule is Cn1ncc2c(N3C[C@@H](O)C[C@H]3c3ccc(F)c(F)c3)ncnc21. The van der Waals surface area contributed by atoms with Gasteiger partial charge in [0.15, 0.2) is 17.3 Å². The summed E-state index contributed by atoms with van der Waals surface area (Å²) in [5.41, 5.74) is 1.27. The molecular formula is C16H15F2N5O. The minimum absolute atomic E-state index is 0.298. The Morgan fingerprint density at radius 2 is 2.04 bits per heavy atom. The third-order valence-electron chi connectivity index (χ3n) is 4.39. The fraction of sp³-hybridized carbons (Fsp3) is 0.312. The number of hydrogen-bond acceptors (Lipinski definition) is 5. The maximum atomic E-state index is 13.6. The molecule has 4 rings (SSSR count). The van der Waals surface area contributed by atoms with Gasteiger partial charge in [-0.2, -0.15) is 5.10 Å². The number of anilines is 1. The maximum Gasteiger partial charge on any atom is 0.163 e. The van der Waals surface area contributed by atoms with E-state index < -0.39 is 17.7 Å². The van der Waals surface area contributed by atoms with Gasteiger partial charge in [0.25, 0.3) is 0 Å². The van der Waals surface area contributed by atoms with Gasteiger partial charge in [0.1, 0.15) is 12.1 Å². The Kier molecular flexibility index (Phi) is 3.42. The van der Waals surface area contributed by atoms with Crippen molar-refractivity contribution in [3.8, 4) is 0 Å². The van der Waals surface area contributed by atoms with Gasteiger partial charge >= 0.3 is 0 Å². The first-order valence-corrected chi connectivity index (χ1v) is 7.57. The summed E-state index contributed by atoms with van der Waals surface area (Å²) in [5, 5.41) is 15.1. The third kappa shape index (κ3) is 2.30. The molecule has 1 aliphatic rings. The van der Waals surface area contributed by atoms with Gasteiger partial charge in [-0.05, 0) is 24.1 Å². The van der Waals surface area contributed by atoms with Gasteiger partial charge in [-0.3, -0.25) is 4.68 Å². The lowest BCUT2D eigenvalue weighted by molar-refractivity contribution is 0.194. The fourth-order valence-electron chi connectivity index (χ4n) is 3.26. The number of aliphatic hydroxyl groups excluding tert-OH is 1. The second-order valence-electron chi connectivity index (χ2n) is 5.93. The highest BCUT2D eigenvalue weighted by Gasteiger charge is 2.34. The molecule has 3 aromatic rings. The van der Waals surface area contributed by atoms with Gasteiger partial charge < -0.3 is 10.0 Å². The lowest BCUT2D eigenvalue weighted by atomic mass is 10.0. The monoisotopic (exact) mass is 331 g/mol. The van der Waals surface area contributed by atoms with E-state index in [4.69, 9.17) is 0 Å². The summed E-state index contributed by atoms with van der Waals surface area (Å²) in [5.74, 6) is -1.16. The van der Waals surface area contributed by atoms with E-state index in [1.54, 1.807) is 17.9 Å². The van der Waals surface area contributed by atoms with Crippen LogP contribution >= 0.6 is 0 Å². The first-order valence-electron chi connectivity index (χ1n) is 7.57. The number of rotatable bonds is 2. The number of β-amino-alcohol motifs (C(OH)–C–C–N with tert-alkyl or cyclic N) is 1. The Labute approximate surface area is 136 Å².